The molecule has 1 aliphatic rings. The van der Waals surface area contributed by atoms with Crippen LogP contribution in [0, 0.1) is 11.8 Å². The molecule has 0 radical (unpaired) electrons. The van der Waals surface area contributed by atoms with Crippen molar-refractivity contribution in [2.45, 2.75) is 52.4 Å². The van der Waals surface area contributed by atoms with Gasteiger partial charge in [-0.15, -0.1) is 0 Å². The van der Waals surface area contributed by atoms with Gasteiger partial charge in [-0.05, 0) is 25.7 Å². The predicted molar refractivity (Wildman–Crippen MR) is 76.0 cm³/mol. The van der Waals surface area contributed by atoms with Crippen molar-refractivity contribution >= 4 is 11.7 Å². The Kier molecular flexibility index (Phi) is 6.67. The van der Waals surface area contributed by atoms with Crippen LogP contribution < -0.4 is 5.73 Å². The smallest absolute Gasteiger partial charge is 0.225 e. The van der Waals surface area contributed by atoms with Gasteiger partial charge in [0.2, 0.25) is 5.91 Å². The van der Waals surface area contributed by atoms with Crippen LogP contribution in [-0.4, -0.2) is 34.9 Å². The summed E-state index contributed by atoms with van der Waals surface area (Å²) in [6.45, 7) is 5.70. The van der Waals surface area contributed by atoms with Gasteiger partial charge in [-0.25, -0.2) is 0 Å². The zero-order valence-corrected chi connectivity index (χ0v) is 12.1. The molecule has 5 heteroatoms. The van der Waals surface area contributed by atoms with Gasteiger partial charge in [0, 0.05) is 24.9 Å². The molecule has 0 unspecified atom stereocenters. The molecule has 1 amide bonds. The molecule has 0 aromatic carbocycles. The predicted octanol–water partition coefficient (Wildman–Crippen LogP) is 2.19. The number of piperidine rings is 1. The first kappa shape index (κ1) is 15.8. The molecule has 0 atom stereocenters. The molecule has 1 aliphatic heterocycles. The molecule has 1 saturated heterocycles. The van der Waals surface area contributed by atoms with E-state index in [0.717, 1.165) is 51.6 Å². The summed E-state index contributed by atoms with van der Waals surface area (Å²) < 4.78 is 0. The van der Waals surface area contributed by atoms with Gasteiger partial charge in [-0.3, -0.25) is 4.79 Å². The first-order valence-corrected chi connectivity index (χ1v) is 7.40. The number of hydrogen-bond acceptors (Lipinski definition) is 3. The highest BCUT2D eigenvalue weighted by atomic mass is 16.4. The van der Waals surface area contributed by atoms with E-state index in [-0.39, 0.29) is 11.8 Å². The Morgan fingerprint density at radius 1 is 1.32 bits per heavy atom. The zero-order chi connectivity index (χ0) is 14.3. The number of likely N-dealkylation sites (tertiary alicyclic amines) is 1. The average molecular weight is 269 g/mol. The fourth-order valence-electron chi connectivity index (χ4n) is 2.82. The van der Waals surface area contributed by atoms with Crippen molar-refractivity contribution in [3.63, 3.8) is 0 Å². The number of amidine groups is 1. The maximum atomic E-state index is 12.4. The number of rotatable bonds is 6. The topological polar surface area (TPSA) is 78.9 Å². The van der Waals surface area contributed by atoms with E-state index in [2.05, 4.69) is 19.0 Å². The van der Waals surface area contributed by atoms with Crippen LogP contribution in [0.1, 0.15) is 52.4 Å². The molecule has 0 spiro atoms. The first-order valence-electron chi connectivity index (χ1n) is 7.40. The van der Waals surface area contributed by atoms with Crippen LogP contribution in [0.2, 0.25) is 0 Å². The Morgan fingerprint density at radius 2 is 1.84 bits per heavy atom. The lowest BCUT2D eigenvalue weighted by Gasteiger charge is -2.33. The van der Waals surface area contributed by atoms with Crippen LogP contribution >= 0.6 is 0 Å². The Hall–Kier alpha value is -1.26. The molecule has 0 aromatic heterocycles. The highest BCUT2D eigenvalue weighted by Crippen LogP contribution is 2.22. The molecule has 0 aliphatic carbocycles. The minimum Gasteiger partial charge on any atom is -0.409 e. The van der Waals surface area contributed by atoms with E-state index >= 15 is 0 Å². The molecular formula is C14H27N3O2. The van der Waals surface area contributed by atoms with Gasteiger partial charge in [0.05, 0.1) is 0 Å². The summed E-state index contributed by atoms with van der Waals surface area (Å²) >= 11 is 0. The van der Waals surface area contributed by atoms with Gasteiger partial charge in [0.25, 0.3) is 0 Å². The van der Waals surface area contributed by atoms with Gasteiger partial charge in [0.1, 0.15) is 5.84 Å². The Labute approximate surface area is 115 Å². The van der Waals surface area contributed by atoms with Crippen molar-refractivity contribution in [3.8, 4) is 0 Å². The van der Waals surface area contributed by atoms with Gasteiger partial charge in [-0.1, -0.05) is 31.8 Å². The van der Waals surface area contributed by atoms with Crippen molar-refractivity contribution in [3.05, 3.63) is 0 Å². The SMILES string of the molecule is CCCC(CCC)C(=O)N1CCC(C(N)=NO)CC1. The number of carbonyl (C=O) groups excluding carboxylic acids is 1. The number of hydrogen-bond donors (Lipinski definition) is 2. The summed E-state index contributed by atoms with van der Waals surface area (Å²) in [5.74, 6) is 0.882. The van der Waals surface area contributed by atoms with E-state index in [9.17, 15) is 4.79 Å². The summed E-state index contributed by atoms with van der Waals surface area (Å²) in [5, 5.41) is 11.7. The summed E-state index contributed by atoms with van der Waals surface area (Å²) in [5.41, 5.74) is 5.62. The van der Waals surface area contributed by atoms with Gasteiger partial charge >= 0.3 is 0 Å². The van der Waals surface area contributed by atoms with E-state index in [1.165, 1.54) is 0 Å². The van der Waals surface area contributed by atoms with Crippen LogP contribution in [0.25, 0.3) is 0 Å². The molecule has 5 nitrogen and oxygen atoms in total. The van der Waals surface area contributed by atoms with E-state index in [1.54, 1.807) is 0 Å². The number of oxime groups is 1. The average Bonchev–Trinajstić information content (AvgIpc) is 2.45. The second-order valence-electron chi connectivity index (χ2n) is 5.40. The number of nitrogens with two attached hydrogens (primary N) is 1. The van der Waals surface area contributed by atoms with Crippen molar-refractivity contribution in [1.29, 1.82) is 0 Å². The molecule has 0 aromatic rings. The second kappa shape index (κ2) is 8.02. The Morgan fingerprint density at radius 3 is 2.26 bits per heavy atom. The summed E-state index contributed by atoms with van der Waals surface area (Å²) in [6, 6.07) is 0. The molecule has 3 N–H and O–H groups in total. The quantitative estimate of drug-likeness (QED) is 0.336. The molecule has 0 saturated carbocycles. The lowest BCUT2D eigenvalue weighted by molar-refractivity contribution is -0.137. The monoisotopic (exact) mass is 269 g/mol. The van der Waals surface area contributed by atoms with Crippen LogP contribution in [-0.2, 0) is 4.79 Å². The second-order valence-corrected chi connectivity index (χ2v) is 5.40. The Bertz CT molecular complexity index is 304. The highest BCUT2D eigenvalue weighted by Gasteiger charge is 2.28. The third-order valence-electron chi connectivity index (χ3n) is 3.96. The van der Waals surface area contributed by atoms with E-state index in [1.807, 2.05) is 4.90 Å². The van der Waals surface area contributed by atoms with Gasteiger partial charge in [-0.2, -0.15) is 0 Å². The molecule has 19 heavy (non-hydrogen) atoms. The van der Waals surface area contributed by atoms with Crippen LogP contribution in [0.15, 0.2) is 5.16 Å². The first-order chi connectivity index (χ1) is 9.13. The number of carbonyl (C=O) groups is 1. The molecule has 110 valence electrons. The van der Waals surface area contributed by atoms with Crippen LogP contribution in [0.3, 0.4) is 0 Å². The van der Waals surface area contributed by atoms with Gasteiger partial charge < -0.3 is 15.8 Å². The normalized spacial score (nSPS) is 18.1. The minimum atomic E-state index is 0.116. The molecule has 1 heterocycles. The highest BCUT2D eigenvalue weighted by molar-refractivity contribution is 5.83. The Balaban J connectivity index is 2.51. The fourth-order valence-corrected chi connectivity index (χ4v) is 2.82. The van der Waals surface area contributed by atoms with E-state index < -0.39 is 0 Å². The van der Waals surface area contributed by atoms with E-state index in [0.29, 0.717) is 11.7 Å². The van der Waals surface area contributed by atoms with Crippen LogP contribution in [0.4, 0.5) is 0 Å². The largest absolute Gasteiger partial charge is 0.409 e. The van der Waals surface area contributed by atoms with E-state index in [4.69, 9.17) is 10.9 Å². The van der Waals surface area contributed by atoms with Crippen molar-refractivity contribution in [1.82, 2.24) is 4.90 Å². The summed E-state index contributed by atoms with van der Waals surface area (Å²) in [6.07, 6.45) is 5.66. The summed E-state index contributed by atoms with van der Waals surface area (Å²) in [7, 11) is 0. The van der Waals surface area contributed by atoms with Crippen molar-refractivity contribution < 1.29 is 10.0 Å². The summed E-state index contributed by atoms with van der Waals surface area (Å²) in [4.78, 5) is 14.4. The molecule has 1 rings (SSSR count). The molecule has 1 fully saturated rings. The number of nitrogens with zero attached hydrogens (tertiary/aromatic N) is 2. The minimum absolute atomic E-state index is 0.116. The number of amides is 1. The van der Waals surface area contributed by atoms with Crippen molar-refractivity contribution in [2.24, 2.45) is 22.7 Å². The lowest BCUT2D eigenvalue weighted by Crippen LogP contribution is -2.44. The van der Waals surface area contributed by atoms with Crippen LogP contribution in [0.5, 0.6) is 0 Å². The lowest BCUT2D eigenvalue weighted by atomic mass is 9.92. The molecular weight excluding hydrogens is 242 g/mol. The zero-order valence-electron chi connectivity index (χ0n) is 12.1. The third kappa shape index (κ3) is 4.40. The molecule has 0 bridgehead atoms. The third-order valence-corrected chi connectivity index (χ3v) is 3.96. The maximum absolute atomic E-state index is 12.4. The fraction of sp³-hybridized carbons (Fsp3) is 0.857. The maximum Gasteiger partial charge on any atom is 0.225 e. The van der Waals surface area contributed by atoms with Crippen molar-refractivity contribution in [2.75, 3.05) is 13.1 Å². The standard InChI is InChI=1S/C14H27N3O2/c1-3-5-12(6-4-2)14(18)17-9-7-11(8-10-17)13(15)16-19/h11-12,19H,3-10H2,1-2H3,(H2,15,16). The van der Waals surface area contributed by atoms with Gasteiger partial charge in [0.15, 0.2) is 0 Å².